The van der Waals surface area contributed by atoms with Crippen LogP contribution in [0.25, 0.3) is 0 Å². The maximum Gasteiger partial charge on any atom is 0.103 e. The summed E-state index contributed by atoms with van der Waals surface area (Å²) in [5.41, 5.74) is 3.21. The van der Waals surface area contributed by atoms with Crippen LogP contribution in [0.15, 0.2) is 6.07 Å². The predicted octanol–water partition coefficient (Wildman–Crippen LogP) is 2.79. The lowest BCUT2D eigenvalue weighted by molar-refractivity contribution is 0.789. The highest BCUT2D eigenvalue weighted by Gasteiger charge is 2.06. The third-order valence-electron chi connectivity index (χ3n) is 2.50. The summed E-state index contributed by atoms with van der Waals surface area (Å²) >= 11 is 0. The van der Waals surface area contributed by atoms with Gasteiger partial charge in [-0.15, -0.1) is 12.3 Å². The Balaban J connectivity index is 2.65. The zero-order valence-corrected chi connectivity index (χ0v) is 10.4. The monoisotopic (exact) mass is 227 g/mol. The number of aromatic nitrogens is 1. The van der Waals surface area contributed by atoms with Crippen LogP contribution in [0.4, 0.5) is 5.69 Å². The maximum absolute atomic E-state index is 9.07. The van der Waals surface area contributed by atoms with Crippen molar-refractivity contribution >= 4 is 5.69 Å². The van der Waals surface area contributed by atoms with Gasteiger partial charge < -0.3 is 5.32 Å². The van der Waals surface area contributed by atoms with Gasteiger partial charge >= 0.3 is 0 Å². The van der Waals surface area contributed by atoms with Crippen molar-refractivity contribution in [1.29, 1.82) is 5.26 Å². The number of hydrogen-bond donors (Lipinski definition) is 1. The van der Waals surface area contributed by atoms with Gasteiger partial charge in [-0.1, -0.05) is 0 Å². The van der Waals surface area contributed by atoms with Crippen molar-refractivity contribution < 1.29 is 0 Å². The van der Waals surface area contributed by atoms with Gasteiger partial charge in [-0.25, -0.2) is 0 Å². The molecule has 0 aromatic carbocycles. The second kappa shape index (κ2) is 6.55. The molecule has 1 aromatic heterocycles. The lowest BCUT2D eigenvalue weighted by Gasteiger charge is -2.10. The van der Waals surface area contributed by atoms with Crippen molar-refractivity contribution in [2.75, 3.05) is 11.9 Å². The number of anilines is 1. The van der Waals surface area contributed by atoms with E-state index < -0.39 is 0 Å². The van der Waals surface area contributed by atoms with E-state index >= 15 is 0 Å². The summed E-state index contributed by atoms with van der Waals surface area (Å²) in [5, 5.41) is 12.3. The Kier molecular flexibility index (Phi) is 5.04. The largest absolute Gasteiger partial charge is 0.384 e. The third kappa shape index (κ3) is 3.81. The number of nitrogens with one attached hydrogen (secondary N) is 1. The Morgan fingerprint density at radius 1 is 1.41 bits per heavy atom. The Morgan fingerprint density at radius 3 is 2.82 bits per heavy atom. The molecule has 0 bridgehead atoms. The summed E-state index contributed by atoms with van der Waals surface area (Å²) in [4.78, 5) is 4.27. The molecular weight excluding hydrogens is 210 g/mol. The molecule has 0 unspecified atom stereocenters. The number of nitrogens with zero attached hydrogens (tertiary/aromatic N) is 2. The zero-order chi connectivity index (χ0) is 12.7. The fourth-order valence-electron chi connectivity index (χ4n) is 1.68. The quantitative estimate of drug-likeness (QED) is 0.621. The first-order valence-corrected chi connectivity index (χ1v) is 5.74. The average Bonchev–Trinajstić information content (AvgIpc) is 2.28. The van der Waals surface area contributed by atoms with E-state index in [1.165, 1.54) is 0 Å². The highest BCUT2D eigenvalue weighted by molar-refractivity contribution is 5.59. The Morgan fingerprint density at radius 2 is 2.18 bits per heavy atom. The van der Waals surface area contributed by atoms with Crippen LogP contribution >= 0.6 is 0 Å². The topological polar surface area (TPSA) is 48.7 Å². The minimum Gasteiger partial charge on any atom is -0.384 e. The SMILES string of the molecule is C#CCCCCNc1cc(C)nc(C)c1C#N. The molecule has 3 heteroatoms. The fourth-order valence-corrected chi connectivity index (χ4v) is 1.68. The van der Waals surface area contributed by atoms with Crippen molar-refractivity contribution in [1.82, 2.24) is 4.98 Å². The molecule has 0 atom stereocenters. The molecule has 0 radical (unpaired) electrons. The summed E-state index contributed by atoms with van der Waals surface area (Å²) in [7, 11) is 0. The molecule has 1 aromatic rings. The molecule has 1 heterocycles. The van der Waals surface area contributed by atoms with E-state index in [0.717, 1.165) is 42.9 Å². The van der Waals surface area contributed by atoms with Gasteiger partial charge in [0.05, 0.1) is 16.9 Å². The van der Waals surface area contributed by atoms with E-state index in [2.05, 4.69) is 22.3 Å². The number of terminal acetylenes is 1. The van der Waals surface area contributed by atoms with Gasteiger partial charge in [0.1, 0.15) is 6.07 Å². The van der Waals surface area contributed by atoms with Gasteiger partial charge in [0.15, 0.2) is 0 Å². The molecule has 0 fully saturated rings. The predicted molar refractivity (Wildman–Crippen MR) is 69.6 cm³/mol. The summed E-state index contributed by atoms with van der Waals surface area (Å²) < 4.78 is 0. The van der Waals surface area contributed by atoms with Gasteiger partial charge in [-0.2, -0.15) is 5.26 Å². The van der Waals surface area contributed by atoms with Crippen molar-refractivity contribution in [2.45, 2.75) is 33.1 Å². The van der Waals surface area contributed by atoms with Crippen LogP contribution in [0.5, 0.6) is 0 Å². The van der Waals surface area contributed by atoms with Crippen LogP contribution in [-0.4, -0.2) is 11.5 Å². The molecule has 0 spiro atoms. The van der Waals surface area contributed by atoms with Crippen LogP contribution in [0.2, 0.25) is 0 Å². The number of hydrogen-bond acceptors (Lipinski definition) is 3. The van der Waals surface area contributed by atoms with Crippen molar-refractivity contribution in [2.24, 2.45) is 0 Å². The fraction of sp³-hybridized carbons (Fsp3) is 0.429. The summed E-state index contributed by atoms with van der Waals surface area (Å²) in [6.07, 6.45) is 8.01. The molecule has 1 N–H and O–H groups in total. The molecule has 0 aliphatic carbocycles. The third-order valence-corrected chi connectivity index (χ3v) is 2.50. The Bertz CT molecular complexity index is 464. The zero-order valence-electron chi connectivity index (χ0n) is 10.4. The molecule has 0 aliphatic rings. The summed E-state index contributed by atoms with van der Waals surface area (Å²) in [6, 6.07) is 4.10. The van der Waals surface area contributed by atoms with Gasteiger partial charge in [-0.05, 0) is 32.8 Å². The molecular formula is C14H17N3. The number of nitriles is 1. The minimum atomic E-state index is 0.632. The minimum absolute atomic E-state index is 0.632. The first-order chi connectivity index (χ1) is 8.19. The highest BCUT2D eigenvalue weighted by atomic mass is 14.9. The van der Waals surface area contributed by atoms with E-state index in [1.807, 2.05) is 19.9 Å². The van der Waals surface area contributed by atoms with E-state index in [0.29, 0.717) is 5.56 Å². The van der Waals surface area contributed by atoms with E-state index in [-0.39, 0.29) is 0 Å². The molecule has 1 rings (SSSR count). The van der Waals surface area contributed by atoms with Crippen molar-refractivity contribution in [3.63, 3.8) is 0 Å². The molecule has 17 heavy (non-hydrogen) atoms. The number of pyridine rings is 1. The molecule has 0 saturated carbocycles. The standard InChI is InChI=1S/C14H17N3/c1-4-5-6-7-8-16-14-9-11(2)17-12(3)13(14)10-15/h1,9H,5-8H2,2-3H3,(H,16,17). The van der Waals surface area contributed by atoms with E-state index in [4.69, 9.17) is 11.7 Å². The number of aryl methyl sites for hydroxylation is 2. The molecule has 0 saturated heterocycles. The number of unbranched alkanes of at least 4 members (excludes halogenated alkanes) is 2. The first kappa shape index (κ1) is 13.1. The molecule has 0 amide bonds. The molecule has 88 valence electrons. The van der Waals surface area contributed by atoms with Crippen molar-refractivity contribution in [3.05, 3.63) is 23.0 Å². The lowest BCUT2D eigenvalue weighted by Crippen LogP contribution is -2.05. The maximum atomic E-state index is 9.07. The average molecular weight is 227 g/mol. The van der Waals surface area contributed by atoms with E-state index in [9.17, 15) is 0 Å². The van der Waals surface area contributed by atoms with E-state index in [1.54, 1.807) is 0 Å². The van der Waals surface area contributed by atoms with Crippen LogP contribution in [0.1, 0.15) is 36.2 Å². The number of rotatable bonds is 5. The van der Waals surface area contributed by atoms with Gasteiger partial charge in [0.2, 0.25) is 0 Å². The Hall–Kier alpha value is -2.00. The Labute approximate surface area is 103 Å². The normalized spacial score (nSPS) is 9.41. The first-order valence-electron chi connectivity index (χ1n) is 5.74. The van der Waals surface area contributed by atoms with Gasteiger partial charge in [0.25, 0.3) is 0 Å². The van der Waals surface area contributed by atoms with Gasteiger partial charge in [0, 0.05) is 18.7 Å². The highest BCUT2D eigenvalue weighted by Crippen LogP contribution is 2.18. The molecule has 0 aliphatic heterocycles. The van der Waals surface area contributed by atoms with Gasteiger partial charge in [-0.3, -0.25) is 4.98 Å². The smallest absolute Gasteiger partial charge is 0.103 e. The van der Waals surface area contributed by atoms with Crippen molar-refractivity contribution in [3.8, 4) is 18.4 Å². The summed E-state index contributed by atoms with van der Waals surface area (Å²) in [5.74, 6) is 2.62. The second-order valence-corrected chi connectivity index (χ2v) is 3.97. The second-order valence-electron chi connectivity index (χ2n) is 3.97. The van der Waals surface area contributed by atoms with Crippen LogP contribution in [0, 0.1) is 37.5 Å². The van der Waals surface area contributed by atoms with Crippen LogP contribution in [-0.2, 0) is 0 Å². The summed E-state index contributed by atoms with van der Waals surface area (Å²) in [6.45, 7) is 4.62. The molecule has 3 nitrogen and oxygen atoms in total. The van der Waals surface area contributed by atoms with Crippen LogP contribution in [0.3, 0.4) is 0 Å². The lowest BCUT2D eigenvalue weighted by atomic mass is 10.1. The van der Waals surface area contributed by atoms with Crippen LogP contribution < -0.4 is 5.32 Å².